The highest BCUT2D eigenvalue weighted by Crippen LogP contribution is 2.52. The van der Waals surface area contributed by atoms with Gasteiger partial charge in [0, 0.05) is 0 Å². The maximum absolute atomic E-state index is 6.55. The van der Waals surface area contributed by atoms with E-state index in [0.717, 1.165) is 23.7 Å². The van der Waals surface area contributed by atoms with E-state index in [1.54, 1.807) is 0 Å². The molecular formula is C14H22O. The monoisotopic (exact) mass is 206 g/mol. The molecule has 0 unspecified atom stereocenters. The summed E-state index contributed by atoms with van der Waals surface area (Å²) in [5.41, 5.74) is 0. The van der Waals surface area contributed by atoms with Crippen LogP contribution < -0.4 is 0 Å². The van der Waals surface area contributed by atoms with Crippen molar-refractivity contribution >= 4 is 0 Å². The van der Waals surface area contributed by atoms with Gasteiger partial charge < -0.3 is 4.74 Å². The fourth-order valence-electron chi connectivity index (χ4n) is 3.09. The Morgan fingerprint density at radius 2 is 0.800 bits per heavy atom. The Bertz CT molecular complexity index is 196. The van der Waals surface area contributed by atoms with Crippen molar-refractivity contribution in [3.63, 3.8) is 0 Å². The van der Waals surface area contributed by atoms with Crippen molar-refractivity contribution in [2.45, 2.75) is 63.6 Å². The fraction of sp³-hybridized carbons (Fsp3) is 1.00. The van der Waals surface area contributed by atoms with Gasteiger partial charge >= 0.3 is 0 Å². The average Bonchev–Trinajstić information content (AvgIpc) is 3.02. The van der Waals surface area contributed by atoms with E-state index in [-0.39, 0.29) is 0 Å². The molecule has 0 saturated heterocycles. The first-order valence-electron chi connectivity index (χ1n) is 7.07. The van der Waals surface area contributed by atoms with Gasteiger partial charge in [0.05, 0.1) is 12.2 Å². The smallest absolute Gasteiger partial charge is 0.0635 e. The van der Waals surface area contributed by atoms with Gasteiger partial charge in [-0.3, -0.25) is 0 Å². The summed E-state index contributed by atoms with van der Waals surface area (Å²) in [6.07, 6.45) is 13.1. The molecule has 0 aliphatic heterocycles. The maximum Gasteiger partial charge on any atom is 0.0635 e. The van der Waals surface area contributed by atoms with Crippen molar-refractivity contribution in [1.29, 1.82) is 0 Å². The topological polar surface area (TPSA) is 9.23 Å². The van der Waals surface area contributed by atoms with Crippen LogP contribution in [0.5, 0.6) is 0 Å². The molecule has 0 aromatic heterocycles. The number of hydrogen-bond acceptors (Lipinski definition) is 1. The van der Waals surface area contributed by atoms with E-state index in [2.05, 4.69) is 0 Å². The molecule has 4 aliphatic rings. The lowest BCUT2D eigenvalue weighted by molar-refractivity contribution is -0.0562. The minimum absolute atomic E-state index is 0.691. The minimum atomic E-state index is 0.691. The molecule has 15 heavy (non-hydrogen) atoms. The van der Waals surface area contributed by atoms with E-state index in [1.165, 1.54) is 51.4 Å². The molecular weight excluding hydrogens is 184 g/mol. The molecule has 0 spiro atoms. The van der Waals surface area contributed by atoms with E-state index in [1.807, 2.05) is 0 Å². The van der Waals surface area contributed by atoms with Gasteiger partial charge in [0.25, 0.3) is 0 Å². The predicted octanol–water partition coefficient (Wildman–Crippen LogP) is 3.38. The number of ether oxygens (including phenoxy) is 1. The van der Waals surface area contributed by atoms with Crippen LogP contribution in [0.25, 0.3) is 0 Å². The van der Waals surface area contributed by atoms with Crippen LogP contribution in [0.15, 0.2) is 0 Å². The molecule has 4 rings (SSSR count). The maximum atomic E-state index is 6.55. The highest BCUT2D eigenvalue weighted by atomic mass is 16.5. The first-order valence-corrected chi connectivity index (χ1v) is 7.07. The van der Waals surface area contributed by atoms with Crippen molar-refractivity contribution in [2.75, 3.05) is 0 Å². The van der Waals surface area contributed by atoms with Crippen LogP contribution in [0.2, 0.25) is 0 Å². The molecule has 0 N–H and O–H groups in total. The van der Waals surface area contributed by atoms with Gasteiger partial charge in [-0.25, -0.2) is 0 Å². The molecule has 84 valence electrons. The quantitative estimate of drug-likeness (QED) is 0.647. The Morgan fingerprint density at radius 1 is 0.533 bits per heavy atom. The first kappa shape index (κ1) is 9.04. The van der Waals surface area contributed by atoms with Crippen LogP contribution in [-0.2, 0) is 4.74 Å². The Morgan fingerprint density at radius 3 is 1.00 bits per heavy atom. The summed E-state index contributed by atoms with van der Waals surface area (Å²) in [5, 5.41) is 0. The van der Waals surface area contributed by atoms with Crippen molar-refractivity contribution in [3.05, 3.63) is 0 Å². The summed E-state index contributed by atoms with van der Waals surface area (Å²) < 4.78 is 6.55. The summed E-state index contributed by atoms with van der Waals surface area (Å²) in [7, 11) is 0. The van der Waals surface area contributed by atoms with Gasteiger partial charge in [0.15, 0.2) is 0 Å². The Kier molecular flexibility index (Phi) is 1.94. The summed E-state index contributed by atoms with van der Waals surface area (Å²) in [4.78, 5) is 0. The molecule has 0 aromatic carbocycles. The normalized spacial score (nSPS) is 31.6. The Balaban J connectivity index is 1.41. The van der Waals surface area contributed by atoms with Gasteiger partial charge in [0.2, 0.25) is 0 Å². The third kappa shape index (κ3) is 1.95. The van der Waals surface area contributed by atoms with Crippen LogP contribution in [-0.4, -0.2) is 12.2 Å². The zero-order chi connectivity index (χ0) is 9.83. The van der Waals surface area contributed by atoms with Gasteiger partial charge in [-0.05, 0) is 75.0 Å². The minimum Gasteiger partial charge on any atom is -0.374 e. The molecule has 1 nitrogen and oxygen atoms in total. The van der Waals surface area contributed by atoms with Crippen molar-refractivity contribution in [2.24, 2.45) is 23.7 Å². The second-order valence-electron chi connectivity index (χ2n) is 6.42. The highest BCUT2D eigenvalue weighted by Gasteiger charge is 2.48. The van der Waals surface area contributed by atoms with Crippen LogP contribution >= 0.6 is 0 Å². The van der Waals surface area contributed by atoms with Crippen molar-refractivity contribution in [1.82, 2.24) is 0 Å². The lowest BCUT2D eigenvalue weighted by Crippen LogP contribution is -2.28. The van der Waals surface area contributed by atoms with Gasteiger partial charge in [-0.15, -0.1) is 0 Å². The molecule has 0 amide bonds. The zero-order valence-corrected chi connectivity index (χ0v) is 9.53. The van der Waals surface area contributed by atoms with Crippen molar-refractivity contribution in [3.8, 4) is 0 Å². The fourth-order valence-corrected chi connectivity index (χ4v) is 3.09. The molecule has 0 bridgehead atoms. The van der Waals surface area contributed by atoms with Crippen LogP contribution in [0.1, 0.15) is 51.4 Å². The second kappa shape index (κ2) is 3.23. The van der Waals surface area contributed by atoms with E-state index in [0.29, 0.717) is 12.2 Å². The molecule has 0 aromatic rings. The summed E-state index contributed by atoms with van der Waals surface area (Å²) in [5.74, 6) is 3.88. The van der Waals surface area contributed by atoms with Gasteiger partial charge in [-0.2, -0.15) is 0 Å². The standard InChI is InChI=1S/C14H22O/c1-2-9(1)13(10-3-4-10)15-14(11-5-6-11)12-7-8-12/h9-14H,1-8H2. The lowest BCUT2D eigenvalue weighted by atomic mass is 10.1. The highest BCUT2D eigenvalue weighted by molar-refractivity contribution is 4.98. The van der Waals surface area contributed by atoms with E-state index >= 15 is 0 Å². The van der Waals surface area contributed by atoms with E-state index < -0.39 is 0 Å². The molecule has 0 atom stereocenters. The molecule has 0 heterocycles. The Labute approximate surface area is 92.6 Å². The first-order chi connectivity index (χ1) is 7.42. The zero-order valence-electron chi connectivity index (χ0n) is 9.53. The molecule has 0 radical (unpaired) electrons. The number of hydrogen-bond donors (Lipinski definition) is 0. The average molecular weight is 206 g/mol. The summed E-state index contributed by atoms with van der Waals surface area (Å²) in [6, 6.07) is 0. The lowest BCUT2D eigenvalue weighted by Gasteiger charge is -2.25. The van der Waals surface area contributed by atoms with Crippen molar-refractivity contribution < 1.29 is 4.74 Å². The summed E-state index contributed by atoms with van der Waals surface area (Å²) >= 11 is 0. The molecule has 4 saturated carbocycles. The third-order valence-corrected chi connectivity index (χ3v) is 4.66. The summed E-state index contributed by atoms with van der Waals surface area (Å²) in [6.45, 7) is 0. The van der Waals surface area contributed by atoms with Crippen LogP contribution in [0.3, 0.4) is 0 Å². The van der Waals surface area contributed by atoms with Gasteiger partial charge in [0.1, 0.15) is 0 Å². The number of rotatable bonds is 6. The largest absolute Gasteiger partial charge is 0.374 e. The molecule has 1 heteroatoms. The van der Waals surface area contributed by atoms with Crippen LogP contribution in [0, 0.1) is 23.7 Å². The van der Waals surface area contributed by atoms with E-state index in [9.17, 15) is 0 Å². The third-order valence-electron chi connectivity index (χ3n) is 4.66. The Hall–Kier alpha value is -0.0400. The molecule has 4 fully saturated rings. The van der Waals surface area contributed by atoms with Gasteiger partial charge in [-0.1, -0.05) is 0 Å². The van der Waals surface area contributed by atoms with Crippen LogP contribution in [0.4, 0.5) is 0 Å². The second-order valence-corrected chi connectivity index (χ2v) is 6.42. The predicted molar refractivity (Wildman–Crippen MR) is 59.6 cm³/mol. The molecule has 4 aliphatic carbocycles. The SMILES string of the molecule is C1CC1C(OC(C1CC1)C1CC1)C1CC1. The van der Waals surface area contributed by atoms with E-state index in [4.69, 9.17) is 4.74 Å².